The minimum Gasteiger partial charge on any atom is -0.480 e. The molecule has 0 bridgehead atoms. The van der Waals surface area contributed by atoms with Gasteiger partial charge in [-0.3, -0.25) is 4.79 Å². The molecule has 0 heterocycles. The molecule has 0 saturated heterocycles. The lowest BCUT2D eigenvalue weighted by molar-refractivity contribution is -0.156. The molecule has 7 heteroatoms. The Labute approximate surface area is 153 Å². The van der Waals surface area contributed by atoms with Gasteiger partial charge in [-0.05, 0) is 32.8 Å². The van der Waals surface area contributed by atoms with Gasteiger partial charge in [0.15, 0.2) is 0 Å². The number of benzene rings is 1. The lowest BCUT2D eigenvalue weighted by atomic mass is 9.96. The first-order chi connectivity index (χ1) is 12.1. The standard InChI is InChI=1S/C19H25NO6/c1-5-9-14(17(23)25-12-13-10-7-6-8-11-13)15(16(21)22)20-18(24)26-19(2,3)4/h5-8,10-11,14-15H,1,9,12H2,2-4H3,(H,20,24)(H,21,22)/t14-,15?/m0/s1. The van der Waals surface area contributed by atoms with Gasteiger partial charge in [-0.25, -0.2) is 9.59 Å². The zero-order valence-corrected chi connectivity index (χ0v) is 15.2. The Kier molecular flexibility index (Phi) is 7.83. The van der Waals surface area contributed by atoms with E-state index in [-0.39, 0.29) is 13.0 Å². The molecule has 0 fully saturated rings. The van der Waals surface area contributed by atoms with E-state index in [9.17, 15) is 19.5 Å². The number of hydrogen-bond acceptors (Lipinski definition) is 5. The highest BCUT2D eigenvalue weighted by Gasteiger charge is 2.36. The summed E-state index contributed by atoms with van der Waals surface area (Å²) in [5.41, 5.74) is -0.0281. The fourth-order valence-electron chi connectivity index (χ4n) is 2.15. The van der Waals surface area contributed by atoms with Gasteiger partial charge in [0.05, 0.1) is 5.92 Å². The van der Waals surface area contributed by atoms with Crippen LogP contribution >= 0.6 is 0 Å². The number of hydrogen-bond donors (Lipinski definition) is 2. The summed E-state index contributed by atoms with van der Waals surface area (Å²) in [4.78, 5) is 35.9. The predicted molar refractivity (Wildman–Crippen MR) is 95.3 cm³/mol. The molecule has 26 heavy (non-hydrogen) atoms. The highest BCUT2D eigenvalue weighted by atomic mass is 16.6. The number of amides is 1. The first kappa shape index (κ1) is 21.2. The number of carboxylic acids is 1. The SMILES string of the molecule is C=CC[C@H](C(=O)OCc1ccccc1)C(NC(=O)OC(C)(C)C)C(=O)O. The van der Waals surface area contributed by atoms with E-state index in [0.717, 1.165) is 5.56 Å². The van der Waals surface area contributed by atoms with E-state index in [2.05, 4.69) is 11.9 Å². The molecule has 2 N–H and O–H groups in total. The van der Waals surface area contributed by atoms with Crippen LogP contribution in [0.4, 0.5) is 4.79 Å². The number of esters is 1. The summed E-state index contributed by atoms with van der Waals surface area (Å²) in [6.07, 6.45) is 0.511. The second-order valence-electron chi connectivity index (χ2n) is 6.69. The lowest BCUT2D eigenvalue weighted by Gasteiger charge is -2.25. The average molecular weight is 363 g/mol. The highest BCUT2D eigenvalue weighted by Crippen LogP contribution is 2.16. The van der Waals surface area contributed by atoms with Crippen LogP contribution < -0.4 is 5.32 Å². The van der Waals surface area contributed by atoms with E-state index in [1.165, 1.54) is 6.08 Å². The van der Waals surface area contributed by atoms with E-state index in [4.69, 9.17) is 9.47 Å². The van der Waals surface area contributed by atoms with Crippen molar-refractivity contribution in [1.29, 1.82) is 0 Å². The second-order valence-corrected chi connectivity index (χ2v) is 6.69. The average Bonchev–Trinajstić information content (AvgIpc) is 2.55. The van der Waals surface area contributed by atoms with Gasteiger partial charge in [0.2, 0.25) is 0 Å². The van der Waals surface area contributed by atoms with Crippen LogP contribution in [0.3, 0.4) is 0 Å². The Hall–Kier alpha value is -2.83. The van der Waals surface area contributed by atoms with Crippen molar-refractivity contribution >= 4 is 18.0 Å². The van der Waals surface area contributed by atoms with Crippen LogP contribution in [0.15, 0.2) is 43.0 Å². The molecule has 1 amide bonds. The number of allylic oxidation sites excluding steroid dienone is 1. The van der Waals surface area contributed by atoms with Crippen LogP contribution in [0.25, 0.3) is 0 Å². The lowest BCUT2D eigenvalue weighted by Crippen LogP contribution is -2.50. The van der Waals surface area contributed by atoms with Crippen molar-refractivity contribution in [3.05, 3.63) is 48.6 Å². The number of carboxylic acid groups (broad SMARTS) is 1. The minimum absolute atomic E-state index is 0.00604. The van der Waals surface area contributed by atoms with Gasteiger partial charge in [-0.2, -0.15) is 0 Å². The van der Waals surface area contributed by atoms with Crippen molar-refractivity contribution in [2.75, 3.05) is 0 Å². The normalized spacial score (nSPS) is 13.2. The van der Waals surface area contributed by atoms with Gasteiger partial charge < -0.3 is 19.9 Å². The first-order valence-electron chi connectivity index (χ1n) is 8.18. The molecule has 1 unspecified atom stereocenters. The van der Waals surface area contributed by atoms with Crippen LogP contribution in [-0.4, -0.2) is 34.8 Å². The van der Waals surface area contributed by atoms with Gasteiger partial charge in [0, 0.05) is 0 Å². The zero-order valence-electron chi connectivity index (χ0n) is 15.2. The van der Waals surface area contributed by atoms with E-state index in [0.29, 0.717) is 0 Å². The van der Waals surface area contributed by atoms with E-state index in [1.807, 2.05) is 6.07 Å². The van der Waals surface area contributed by atoms with Crippen LogP contribution in [0, 0.1) is 5.92 Å². The fourth-order valence-corrected chi connectivity index (χ4v) is 2.15. The molecule has 2 atom stereocenters. The van der Waals surface area contributed by atoms with E-state index in [1.54, 1.807) is 45.0 Å². The summed E-state index contributed by atoms with van der Waals surface area (Å²) in [5, 5.41) is 11.7. The maximum Gasteiger partial charge on any atom is 0.408 e. The van der Waals surface area contributed by atoms with Crippen molar-refractivity contribution in [2.24, 2.45) is 5.92 Å². The number of carbonyl (C=O) groups is 3. The van der Waals surface area contributed by atoms with E-state index < -0.39 is 35.6 Å². The molecule has 0 aliphatic heterocycles. The molecule has 1 rings (SSSR count). The molecule has 1 aromatic carbocycles. The highest BCUT2D eigenvalue weighted by molar-refractivity contribution is 5.87. The van der Waals surface area contributed by atoms with E-state index >= 15 is 0 Å². The Bertz CT molecular complexity index is 635. The number of nitrogens with one attached hydrogen (secondary N) is 1. The van der Waals surface area contributed by atoms with Crippen LogP contribution in [0.1, 0.15) is 32.8 Å². The summed E-state index contributed by atoms with van der Waals surface area (Å²) in [6.45, 7) is 8.49. The topological polar surface area (TPSA) is 102 Å². The number of aliphatic carboxylic acids is 1. The van der Waals surface area contributed by atoms with Crippen LogP contribution in [-0.2, 0) is 25.7 Å². The third-order valence-corrected chi connectivity index (χ3v) is 3.29. The maximum atomic E-state index is 12.4. The molecular formula is C19H25NO6. The van der Waals surface area contributed by atoms with Crippen molar-refractivity contribution in [2.45, 2.75) is 45.4 Å². The maximum absolute atomic E-state index is 12.4. The zero-order chi connectivity index (χ0) is 19.7. The molecule has 1 aromatic rings. The summed E-state index contributed by atoms with van der Waals surface area (Å²) < 4.78 is 10.3. The molecule has 142 valence electrons. The molecule has 0 aromatic heterocycles. The summed E-state index contributed by atoms with van der Waals surface area (Å²) in [5.74, 6) is -3.22. The van der Waals surface area contributed by atoms with Crippen molar-refractivity contribution in [1.82, 2.24) is 5.32 Å². The van der Waals surface area contributed by atoms with Crippen LogP contribution in [0.5, 0.6) is 0 Å². The Morgan fingerprint density at radius 3 is 2.35 bits per heavy atom. The Morgan fingerprint density at radius 2 is 1.85 bits per heavy atom. The third-order valence-electron chi connectivity index (χ3n) is 3.29. The quantitative estimate of drug-likeness (QED) is 0.544. The van der Waals surface area contributed by atoms with Crippen LogP contribution in [0.2, 0.25) is 0 Å². The van der Waals surface area contributed by atoms with Crippen molar-refractivity contribution < 1.29 is 29.0 Å². The molecule has 0 saturated carbocycles. The summed E-state index contributed by atoms with van der Waals surface area (Å²) >= 11 is 0. The van der Waals surface area contributed by atoms with Gasteiger partial charge >= 0.3 is 18.0 Å². The van der Waals surface area contributed by atoms with Gasteiger partial charge in [0.25, 0.3) is 0 Å². The number of alkyl carbamates (subject to hydrolysis) is 1. The predicted octanol–water partition coefficient (Wildman–Crippen LogP) is 2.90. The Morgan fingerprint density at radius 1 is 1.23 bits per heavy atom. The fraction of sp³-hybridized carbons (Fsp3) is 0.421. The summed E-state index contributed by atoms with van der Waals surface area (Å²) in [6, 6.07) is 7.50. The Balaban J connectivity index is 2.83. The largest absolute Gasteiger partial charge is 0.480 e. The van der Waals surface area contributed by atoms with Crippen molar-refractivity contribution in [3.63, 3.8) is 0 Å². The smallest absolute Gasteiger partial charge is 0.408 e. The molecular weight excluding hydrogens is 338 g/mol. The minimum atomic E-state index is -1.49. The van der Waals surface area contributed by atoms with Gasteiger partial charge in [-0.15, -0.1) is 6.58 Å². The number of carbonyl (C=O) groups excluding carboxylic acids is 2. The molecule has 7 nitrogen and oxygen atoms in total. The van der Waals surface area contributed by atoms with Gasteiger partial charge in [0.1, 0.15) is 18.2 Å². The first-order valence-corrected chi connectivity index (χ1v) is 8.18. The molecule has 0 spiro atoms. The third kappa shape index (κ3) is 7.38. The van der Waals surface area contributed by atoms with Crippen molar-refractivity contribution in [3.8, 4) is 0 Å². The monoisotopic (exact) mass is 363 g/mol. The van der Waals surface area contributed by atoms with Gasteiger partial charge in [-0.1, -0.05) is 36.4 Å². The molecule has 0 aliphatic rings. The number of rotatable bonds is 8. The second kappa shape index (κ2) is 9.60. The molecule has 0 aliphatic carbocycles. The summed E-state index contributed by atoms with van der Waals surface area (Å²) in [7, 11) is 0. The molecule has 0 radical (unpaired) electrons. The number of ether oxygens (including phenoxy) is 2.